The lowest BCUT2D eigenvalue weighted by Crippen LogP contribution is -2.45. The third-order valence-electron chi connectivity index (χ3n) is 9.80. The molecule has 0 aromatic rings. The molecule has 3 N–H and O–H groups in total. The summed E-state index contributed by atoms with van der Waals surface area (Å²) >= 11 is 0. The van der Waals surface area contributed by atoms with Crippen LogP contribution in [0.5, 0.6) is 0 Å². The molecule has 0 aliphatic rings. The van der Waals surface area contributed by atoms with E-state index in [2.05, 4.69) is 104 Å². The number of hydrogen-bond donors (Lipinski definition) is 3. The summed E-state index contributed by atoms with van der Waals surface area (Å²) in [5, 5.41) is 22.9. The first kappa shape index (κ1) is 52.3. The average Bonchev–Trinajstić information content (AvgIpc) is 3.19. The highest BCUT2D eigenvalue weighted by molar-refractivity contribution is 5.76. The zero-order valence-corrected chi connectivity index (χ0v) is 35.9. The minimum absolute atomic E-state index is 0.0820. The molecule has 4 nitrogen and oxygen atoms in total. The number of hydrogen-bond acceptors (Lipinski definition) is 3. The number of allylic oxidation sites excluding steroid dienone is 15. The molecule has 314 valence electrons. The molecule has 0 saturated heterocycles. The van der Waals surface area contributed by atoms with Gasteiger partial charge in [0.15, 0.2) is 0 Å². The van der Waals surface area contributed by atoms with Gasteiger partial charge in [0.2, 0.25) is 5.91 Å². The molecule has 55 heavy (non-hydrogen) atoms. The molecule has 0 saturated carbocycles. The minimum atomic E-state index is -0.866. The Kier molecular flexibility index (Phi) is 43.5. The third kappa shape index (κ3) is 42.3. The van der Waals surface area contributed by atoms with Crippen molar-refractivity contribution < 1.29 is 15.0 Å². The molecule has 0 fully saturated rings. The van der Waals surface area contributed by atoms with E-state index >= 15 is 0 Å². The van der Waals surface area contributed by atoms with E-state index in [0.29, 0.717) is 6.42 Å². The van der Waals surface area contributed by atoms with Crippen molar-refractivity contribution in [2.45, 2.75) is 212 Å². The lowest BCUT2D eigenvalue weighted by molar-refractivity contribution is -0.123. The van der Waals surface area contributed by atoms with Crippen molar-refractivity contribution >= 4 is 5.91 Å². The van der Waals surface area contributed by atoms with Crippen LogP contribution in [-0.4, -0.2) is 34.9 Å². The molecule has 0 aromatic carbocycles. The van der Waals surface area contributed by atoms with E-state index in [-0.39, 0.29) is 12.5 Å². The first-order chi connectivity index (χ1) is 27.2. The van der Waals surface area contributed by atoms with E-state index < -0.39 is 12.1 Å². The highest BCUT2D eigenvalue weighted by Gasteiger charge is 2.17. The van der Waals surface area contributed by atoms with Gasteiger partial charge in [0.25, 0.3) is 0 Å². The molecular formula is C51H87NO3. The summed E-state index contributed by atoms with van der Waals surface area (Å²) in [4.78, 5) is 12.4. The van der Waals surface area contributed by atoms with Crippen LogP contribution in [-0.2, 0) is 4.79 Å². The number of carbonyl (C=O) groups excluding carboxylic acids is 1. The summed E-state index contributed by atoms with van der Waals surface area (Å²) in [5.41, 5.74) is 0. The van der Waals surface area contributed by atoms with Gasteiger partial charge >= 0.3 is 0 Å². The topological polar surface area (TPSA) is 69.6 Å². The fraction of sp³-hybridized carbons (Fsp3) is 0.667. The standard InChI is InChI=1S/C51H87NO3/c1-3-5-7-9-11-13-15-17-18-19-20-21-22-23-24-25-26-27-28-29-30-31-32-33-34-35-37-39-41-43-45-47-51(55)52-49(48-53)50(54)46-44-42-40-38-36-16-14-12-10-8-6-4-2/h5,7,11,13,17-18,20-21,23-24,26-27,36,38,44,46,49-50,53-54H,3-4,6,8-10,12,14-16,19,22,25,28-35,37,39-43,45,47-48H2,1-2H3,(H,52,55)/b7-5-,13-11-,18-17-,21-20-,24-23-,27-26-,38-36+,46-44+. The Hall–Kier alpha value is -2.69. The van der Waals surface area contributed by atoms with Crippen LogP contribution in [0.3, 0.4) is 0 Å². The van der Waals surface area contributed by atoms with Gasteiger partial charge in [0, 0.05) is 6.42 Å². The van der Waals surface area contributed by atoms with Crippen LogP contribution in [0.25, 0.3) is 0 Å². The number of carbonyl (C=O) groups is 1. The van der Waals surface area contributed by atoms with Gasteiger partial charge in [-0.1, -0.05) is 207 Å². The van der Waals surface area contributed by atoms with Crippen LogP contribution in [0.1, 0.15) is 200 Å². The Bertz CT molecular complexity index is 1050. The molecule has 0 aliphatic heterocycles. The Morgan fingerprint density at radius 3 is 1.27 bits per heavy atom. The minimum Gasteiger partial charge on any atom is -0.394 e. The lowest BCUT2D eigenvalue weighted by Gasteiger charge is -2.19. The van der Waals surface area contributed by atoms with Crippen molar-refractivity contribution in [2.75, 3.05) is 6.61 Å². The predicted molar refractivity (Wildman–Crippen MR) is 243 cm³/mol. The van der Waals surface area contributed by atoms with Crippen LogP contribution in [0.15, 0.2) is 97.2 Å². The zero-order chi connectivity index (χ0) is 40.0. The van der Waals surface area contributed by atoms with Crippen molar-refractivity contribution in [1.29, 1.82) is 0 Å². The third-order valence-corrected chi connectivity index (χ3v) is 9.80. The number of nitrogens with one attached hydrogen (secondary N) is 1. The van der Waals surface area contributed by atoms with E-state index in [1.807, 2.05) is 6.08 Å². The monoisotopic (exact) mass is 762 g/mol. The van der Waals surface area contributed by atoms with Crippen LogP contribution in [0.4, 0.5) is 0 Å². The zero-order valence-electron chi connectivity index (χ0n) is 35.9. The molecule has 0 aliphatic carbocycles. The molecule has 2 atom stereocenters. The Morgan fingerprint density at radius 2 is 0.818 bits per heavy atom. The summed E-state index contributed by atoms with van der Waals surface area (Å²) in [7, 11) is 0. The molecule has 0 radical (unpaired) electrons. The second-order valence-corrected chi connectivity index (χ2v) is 15.1. The number of rotatable bonds is 40. The summed E-state index contributed by atoms with van der Waals surface area (Å²) in [5.74, 6) is -0.0820. The maximum absolute atomic E-state index is 12.4. The van der Waals surface area contributed by atoms with Gasteiger partial charge < -0.3 is 15.5 Å². The van der Waals surface area contributed by atoms with Gasteiger partial charge in [-0.05, 0) is 83.5 Å². The van der Waals surface area contributed by atoms with Crippen LogP contribution in [0, 0.1) is 0 Å². The molecule has 0 bridgehead atoms. The molecule has 0 aromatic heterocycles. The first-order valence-corrected chi connectivity index (χ1v) is 23.0. The second-order valence-electron chi connectivity index (χ2n) is 15.1. The smallest absolute Gasteiger partial charge is 0.220 e. The maximum atomic E-state index is 12.4. The fourth-order valence-corrected chi connectivity index (χ4v) is 6.31. The van der Waals surface area contributed by atoms with Gasteiger partial charge in [0.1, 0.15) is 0 Å². The Balaban J connectivity index is 3.59. The number of amides is 1. The molecule has 2 unspecified atom stereocenters. The van der Waals surface area contributed by atoms with E-state index in [1.165, 1.54) is 109 Å². The van der Waals surface area contributed by atoms with Crippen LogP contribution < -0.4 is 5.32 Å². The second kappa shape index (κ2) is 45.7. The number of aliphatic hydroxyl groups excluding tert-OH is 2. The van der Waals surface area contributed by atoms with Crippen molar-refractivity contribution in [3.8, 4) is 0 Å². The number of aliphatic hydroxyl groups is 2. The van der Waals surface area contributed by atoms with Gasteiger partial charge in [-0.15, -0.1) is 0 Å². The predicted octanol–water partition coefficient (Wildman–Crippen LogP) is 14.6. The summed E-state index contributed by atoms with van der Waals surface area (Å²) in [6.45, 7) is 4.15. The lowest BCUT2D eigenvalue weighted by atomic mass is 10.0. The van der Waals surface area contributed by atoms with Crippen molar-refractivity contribution in [3.63, 3.8) is 0 Å². The normalized spacial score (nSPS) is 13.9. The van der Waals surface area contributed by atoms with Gasteiger partial charge in [-0.25, -0.2) is 0 Å². The fourth-order valence-electron chi connectivity index (χ4n) is 6.31. The van der Waals surface area contributed by atoms with Crippen molar-refractivity contribution in [2.24, 2.45) is 0 Å². The molecule has 0 rings (SSSR count). The van der Waals surface area contributed by atoms with Crippen LogP contribution >= 0.6 is 0 Å². The van der Waals surface area contributed by atoms with Crippen molar-refractivity contribution in [1.82, 2.24) is 5.32 Å². The molecular weight excluding hydrogens is 675 g/mol. The van der Waals surface area contributed by atoms with Gasteiger partial charge in [-0.3, -0.25) is 4.79 Å². The van der Waals surface area contributed by atoms with E-state index in [9.17, 15) is 15.0 Å². The van der Waals surface area contributed by atoms with Gasteiger partial charge in [-0.2, -0.15) is 0 Å². The maximum Gasteiger partial charge on any atom is 0.220 e. The summed E-state index contributed by atoms with van der Waals surface area (Å²) < 4.78 is 0. The largest absolute Gasteiger partial charge is 0.394 e. The number of unbranched alkanes of at least 4 members (excludes halogenated alkanes) is 19. The Morgan fingerprint density at radius 1 is 0.455 bits per heavy atom. The first-order valence-electron chi connectivity index (χ1n) is 23.0. The molecule has 0 spiro atoms. The average molecular weight is 762 g/mol. The summed E-state index contributed by atoms with van der Waals surface area (Å²) in [6.07, 6.45) is 68.1. The van der Waals surface area contributed by atoms with E-state index in [4.69, 9.17) is 0 Å². The summed E-state index contributed by atoms with van der Waals surface area (Å²) in [6, 6.07) is -0.644. The quantitative estimate of drug-likeness (QED) is 0.0430. The van der Waals surface area contributed by atoms with E-state index in [1.54, 1.807) is 6.08 Å². The van der Waals surface area contributed by atoms with Crippen molar-refractivity contribution in [3.05, 3.63) is 97.2 Å². The van der Waals surface area contributed by atoms with Gasteiger partial charge in [0.05, 0.1) is 18.8 Å². The highest BCUT2D eigenvalue weighted by Crippen LogP contribution is 2.14. The molecule has 4 heteroatoms. The molecule has 1 amide bonds. The highest BCUT2D eigenvalue weighted by atomic mass is 16.3. The SMILES string of the molecule is CC/C=C\C/C=C\C/C=C\C/C=C\C/C=C\C/C=C\CCCCCCCCCCCCCCC(=O)NC(CO)C(O)/C=C/CC/C=C/CCCCCCCC. The Labute approximate surface area is 341 Å². The molecule has 0 heterocycles. The van der Waals surface area contributed by atoms with E-state index in [0.717, 1.165) is 70.6 Å². The van der Waals surface area contributed by atoms with Crippen LogP contribution in [0.2, 0.25) is 0 Å².